The van der Waals surface area contributed by atoms with Gasteiger partial charge in [-0.15, -0.1) is 0 Å². The lowest BCUT2D eigenvalue weighted by Gasteiger charge is -2.21. The Labute approximate surface area is 103 Å². The van der Waals surface area contributed by atoms with Crippen molar-refractivity contribution in [2.24, 2.45) is 0 Å². The van der Waals surface area contributed by atoms with Gasteiger partial charge in [0.1, 0.15) is 0 Å². The quantitative estimate of drug-likeness (QED) is 0.658. The van der Waals surface area contributed by atoms with E-state index in [1.54, 1.807) is 19.0 Å². The first kappa shape index (κ1) is 14.4. The summed E-state index contributed by atoms with van der Waals surface area (Å²) >= 11 is 0. The summed E-state index contributed by atoms with van der Waals surface area (Å²) in [6, 6.07) is 0. The summed E-state index contributed by atoms with van der Waals surface area (Å²) in [6.07, 6.45) is 2.00. The van der Waals surface area contributed by atoms with Crippen molar-refractivity contribution in [3.63, 3.8) is 0 Å². The first-order valence-corrected chi connectivity index (χ1v) is 7.53. The van der Waals surface area contributed by atoms with Crippen molar-refractivity contribution in [1.82, 2.24) is 14.1 Å². The Kier molecular flexibility index (Phi) is 4.91. The van der Waals surface area contributed by atoms with E-state index in [9.17, 15) is 13.2 Å². The van der Waals surface area contributed by atoms with Gasteiger partial charge in [0.05, 0.1) is 12.8 Å². The molecule has 17 heavy (non-hydrogen) atoms. The smallest absolute Gasteiger partial charge is 0.236 e. The molecule has 100 valence electrons. The standard InChI is InChI=1S/C10H21N3O3S/c1-11(2)10(14)9-12-5-4-6-13(8-7-12)17(3,15)16/h4-9H2,1-3H3. The maximum absolute atomic E-state index is 11.6. The summed E-state index contributed by atoms with van der Waals surface area (Å²) in [5.41, 5.74) is 0. The fourth-order valence-electron chi connectivity index (χ4n) is 1.77. The Morgan fingerprint density at radius 1 is 1.18 bits per heavy atom. The average molecular weight is 263 g/mol. The normalized spacial score (nSPS) is 19.9. The highest BCUT2D eigenvalue weighted by Gasteiger charge is 2.22. The van der Waals surface area contributed by atoms with Crippen molar-refractivity contribution < 1.29 is 13.2 Å². The topological polar surface area (TPSA) is 60.9 Å². The van der Waals surface area contributed by atoms with E-state index in [4.69, 9.17) is 0 Å². The van der Waals surface area contributed by atoms with Crippen LogP contribution >= 0.6 is 0 Å². The van der Waals surface area contributed by atoms with Gasteiger partial charge in [0.25, 0.3) is 0 Å². The van der Waals surface area contributed by atoms with Crippen molar-refractivity contribution in [3.05, 3.63) is 0 Å². The molecule has 7 heteroatoms. The SMILES string of the molecule is CN(C)C(=O)CN1CCCN(S(C)(=O)=O)CC1. The highest BCUT2D eigenvalue weighted by molar-refractivity contribution is 7.88. The average Bonchev–Trinajstić information content (AvgIpc) is 2.42. The molecule has 1 saturated heterocycles. The van der Waals surface area contributed by atoms with E-state index in [-0.39, 0.29) is 5.91 Å². The van der Waals surface area contributed by atoms with E-state index in [2.05, 4.69) is 0 Å². The monoisotopic (exact) mass is 263 g/mol. The van der Waals surface area contributed by atoms with Gasteiger partial charge >= 0.3 is 0 Å². The summed E-state index contributed by atoms with van der Waals surface area (Å²) in [6.45, 7) is 2.77. The van der Waals surface area contributed by atoms with E-state index in [1.165, 1.54) is 10.6 Å². The summed E-state index contributed by atoms with van der Waals surface area (Å²) < 4.78 is 24.3. The maximum Gasteiger partial charge on any atom is 0.236 e. The first-order chi connectivity index (χ1) is 7.80. The summed E-state index contributed by atoms with van der Waals surface area (Å²) in [5, 5.41) is 0. The number of carbonyl (C=O) groups is 1. The van der Waals surface area contributed by atoms with Gasteiger partial charge in [-0.2, -0.15) is 0 Å². The van der Waals surface area contributed by atoms with Gasteiger partial charge in [-0.25, -0.2) is 12.7 Å². The predicted octanol–water partition coefficient (Wildman–Crippen LogP) is -0.958. The zero-order chi connectivity index (χ0) is 13.1. The third-order valence-electron chi connectivity index (χ3n) is 2.87. The van der Waals surface area contributed by atoms with Gasteiger partial charge in [0, 0.05) is 33.7 Å². The fraction of sp³-hybridized carbons (Fsp3) is 0.900. The number of hydrogen-bond donors (Lipinski definition) is 0. The maximum atomic E-state index is 11.6. The zero-order valence-corrected chi connectivity index (χ0v) is 11.5. The van der Waals surface area contributed by atoms with Crippen molar-refractivity contribution in [2.45, 2.75) is 6.42 Å². The summed E-state index contributed by atoms with van der Waals surface area (Å²) in [7, 11) is 0.344. The van der Waals surface area contributed by atoms with E-state index >= 15 is 0 Å². The molecule has 0 saturated carbocycles. The molecule has 0 atom stereocenters. The lowest BCUT2D eigenvalue weighted by Crippen LogP contribution is -2.39. The molecule has 1 heterocycles. The third-order valence-corrected chi connectivity index (χ3v) is 4.18. The Hall–Kier alpha value is -0.660. The fourth-order valence-corrected chi connectivity index (χ4v) is 2.64. The minimum absolute atomic E-state index is 0.0535. The van der Waals surface area contributed by atoms with Crippen LogP contribution in [0.25, 0.3) is 0 Å². The van der Waals surface area contributed by atoms with Crippen LogP contribution in [0.2, 0.25) is 0 Å². The van der Waals surface area contributed by atoms with Gasteiger partial charge in [-0.05, 0) is 13.0 Å². The summed E-state index contributed by atoms with van der Waals surface area (Å²) in [4.78, 5) is 15.1. The molecule has 0 aromatic rings. The van der Waals surface area contributed by atoms with Crippen LogP contribution in [0, 0.1) is 0 Å². The molecule has 0 spiro atoms. The predicted molar refractivity (Wildman–Crippen MR) is 66.2 cm³/mol. The van der Waals surface area contributed by atoms with Crippen LogP contribution in [-0.2, 0) is 14.8 Å². The minimum Gasteiger partial charge on any atom is -0.348 e. The van der Waals surface area contributed by atoms with Gasteiger partial charge < -0.3 is 4.90 Å². The van der Waals surface area contributed by atoms with E-state index in [0.717, 1.165) is 13.0 Å². The summed E-state index contributed by atoms with van der Waals surface area (Å²) in [5.74, 6) is 0.0535. The Morgan fingerprint density at radius 3 is 2.35 bits per heavy atom. The lowest BCUT2D eigenvalue weighted by atomic mass is 10.4. The highest BCUT2D eigenvalue weighted by Crippen LogP contribution is 2.06. The molecule has 6 nitrogen and oxygen atoms in total. The molecule has 1 aliphatic rings. The molecular weight excluding hydrogens is 242 g/mol. The first-order valence-electron chi connectivity index (χ1n) is 5.68. The molecule has 0 N–H and O–H groups in total. The molecule has 0 aromatic heterocycles. The molecule has 1 aliphatic heterocycles. The van der Waals surface area contributed by atoms with Crippen molar-refractivity contribution in [3.8, 4) is 0 Å². The second kappa shape index (κ2) is 5.79. The number of likely N-dealkylation sites (N-methyl/N-ethyl adjacent to an activating group) is 1. The highest BCUT2D eigenvalue weighted by atomic mass is 32.2. The van der Waals surface area contributed by atoms with Crippen molar-refractivity contribution in [2.75, 3.05) is 53.1 Å². The Bertz CT molecular complexity index is 367. The molecule has 0 unspecified atom stereocenters. The van der Waals surface area contributed by atoms with E-state index < -0.39 is 10.0 Å². The molecule has 0 radical (unpaired) electrons. The molecule has 1 amide bonds. The molecule has 0 aliphatic carbocycles. The number of rotatable bonds is 3. The van der Waals surface area contributed by atoms with Gasteiger partial charge in [-0.3, -0.25) is 9.69 Å². The lowest BCUT2D eigenvalue weighted by molar-refractivity contribution is -0.129. The second-order valence-corrected chi connectivity index (χ2v) is 6.56. The van der Waals surface area contributed by atoms with Gasteiger partial charge in [-0.1, -0.05) is 0 Å². The van der Waals surface area contributed by atoms with E-state index in [1.807, 2.05) is 4.90 Å². The third kappa shape index (κ3) is 4.61. The zero-order valence-electron chi connectivity index (χ0n) is 10.7. The van der Waals surface area contributed by atoms with Gasteiger partial charge in [0.15, 0.2) is 0 Å². The molecule has 0 bridgehead atoms. The second-order valence-electron chi connectivity index (χ2n) is 4.58. The number of sulfonamides is 1. The van der Waals surface area contributed by atoms with Crippen molar-refractivity contribution >= 4 is 15.9 Å². The number of carbonyl (C=O) groups excluding carboxylic acids is 1. The van der Waals surface area contributed by atoms with Crippen LogP contribution < -0.4 is 0 Å². The number of amides is 1. The Balaban J connectivity index is 2.51. The van der Waals surface area contributed by atoms with Crippen LogP contribution in [0.5, 0.6) is 0 Å². The van der Waals surface area contributed by atoms with Crippen LogP contribution in [0.15, 0.2) is 0 Å². The van der Waals surface area contributed by atoms with Crippen molar-refractivity contribution in [1.29, 1.82) is 0 Å². The van der Waals surface area contributed by atoms with Crippen LogP contribution in [-0.4, -0.2) is 81.5 Å². The van der Waals surface area contributed by atoms with Crippen LogP contribution in [0.3, 0.4) is 0 Å². The number of hydrogen-bond acceptors (Lipinski definition) is 4. The largest absolute Gasteiger partial charge is 0.348 e. The Morgan fingerprint density at radius 2 is 1.82 bits per heavy atom. The molecule has 1 fully saturated rings. The molecule has 1 rings (SSSR count). The van der Waals surface area contributed by atoms with Crippen LogP contribution in [0.4, 0.5) is 0 Å². The number of nitrogens with zero attached hydrogens (tertiary/aromatic N) is 3. The minimum atomic E-state index is -3.11. The van der Waals surface area contributed by atoms with Crippen LogP contribution in [0.1, 0.15) is 6.42 Å². The molecular formula is C10H21N3O3S. The van der Waals surface area contributed by atoms with E-state index in [0.29, 0.717) is 26.2 Å². The molecule has 0 aromatic carbocycles. The van der Waals surface area contributed by atoms with Gasteiger partial charge in [0.2, 0.25) is 15.9 Å².